The molecule has 0 amide bonds. The highest BCUT2D eigenvalue weighted by Crippen LogP contribution is 2.15. The summed E-state index contributed by atoms with van der Waals surface area (Å²) >= 11 is 0. The fourth-order valence-electron chi connectivity index (χ4n) is 2.13. The predicted octanol–water partition coefficient (Wildman–Crippen LogP) is 3.18. The number of nitrogens with one attached hydrogen (secondary N) is 1. The molecule has 0 aliphatic rings. The summed E-state index contributed by atoms with van der Waals surface area (Å²) in [7, 11) is 3.62. The lowest BCUT2D eigenvalue weighted by molar-refractivity contribution is 0.415. The molecular weight excluding hydrogens is 262 g/mol. The summed E-state index contributed by atoms with van der Waals surface area (Å²) in [5, 5.41) is 7.71. The Morgan fingerprint density at radius 3 is 2.67 bits per heavy atom. The van der Waals surface area contributed by atoms with E-state index in [-0.39, 0.29) is 6.04 Å². The van der Waals surface area contributed by atoms with Crippen LogP contribution in [-0.4, -0.2) is 23.4 Å². The van der Waals surface area contributed by atoms with E-state index >= 15 is 0 Å². The van der Waals surface area contributed by atoms with E-state index < -0.39 is 0 Å². The lowest BCUT2D eigenvalue weighted by Crippen LogP contribution is -2.20. The molecule has 1 heterocycles. The number of nitrogens with zero attached hydrogens (tertiary/aromatic N) is 2. The summed E-state index contributed by atoms with van der Waals surface area (Å²) in [6.07, 6.45) is 6.13. The number of aryl methyl sites for hydroxylation is 1. The molecule has 112 valence electrons. The predicted molar refractivity (Wildman–Crippen MR) is 86.3 cm³/mol. The first-order valence-electron chi connectivity index (χ1n) is 7.11. The lowest BCUT2D eigenvalue weighted by atomic mass is 10.1. The Morgan fingerprint density at radius 2 is 2.10 bits per heavy atom. The molecule has 0 aliphatic heterocycles. The molecular formula is C17H23N3O. The number of methoxy groups -OCH3 is 1. The molecule has 4 heteroatoms. The molecule has 0 radical (unpaired) electrons. The van der Waals surface area contributed by atoms with Crippen LogP contribution in [0.1, 0.15) is 31.0 Å². The standard InChI is InChI=1S/C17H23N3O/c1-13(9-15-5-7-17(21-4)8-6-15)10-18-14(2)16-11-19-20(3)12-16/h5-9,11-12,14,18H,10H2,1-4H3/b13-9+. The zero-order valence-electron chi connectivity index (χ0n) is 13.1. The second-order valence-electron chi connectivity index (χ2n) is 5.31. The van der Waals surface area contributed by atoms with Gasteiger partial charge in [-0.25, -0.2) is 0 Å². The van der Waals surface area contributed by atoms with Crippen molar-refractivity contribution in [2.75, 3.05) is 13.7 Å². The molecule has 1 unspecified atom stereocenters. The summed E-state index contributed by atoms with van der Waals surface area (Å²) < 4.78 is 6.99. The largest absolute Gasteiger partial charge is 0.497 e. The molecule has 2 rings (SSSR count). The molecule has 4 nitrogen and oxygen atoms in total. The highest BCUT2D eigenvalue weighted by Gasteiger charge is 2.06. The van der Waals surface area contributed by atoms with Crippen LogP contribution in [0.25, 0.3) is 6.08 Å². The molecule has 2 aromatic rings. The maximum atomic E-state index is 5.16. The van der Waals surface area contributed by atoms with E-state index in [2.05, 4.69) is 42.5 Å². The number of aromatic nitrogens is 2. The molecule has 21 heavy (non-hydrogen) atoms. The first kappa shape index (κ1) is 15.3. The van der Waals surface area contributed by atoms with Gasteiger partial charge >= 0.3 is 0 Å². The Balaban J connectivity index is 1.91. The number of hydrogen-bond acceptors (Lipinski definition) is 3. The van der Waals surface area contributed by atoms with Crippen LogP contribution in [0.4, 0.5) is 0 Å². The van der Waals surface area contributed by atoms with Crippen molar-refractivity contribution in [1.29, 1.82) is 0 Å². The fourth-order valence-corrected chi connectivity index (χ4v) is 2.13. The molecule has 1 N–H and O–H groups in total. The minimum atomic E-state index is 0.290. The minimum Gasteiger partial charge on any atom is -0.497 e. The summed E-state index contributed by atoms with van der Waals surface area (Å²) in [6.45, 7) is 5.13. The van der Waals surface area contributed by atoms with Gasteiger partial charge in [0.05, 0.1) is 13.3 Å². The van der Waals surface area contributed by atoms with Crippen LogP contribution in [0.5, 0.6) is 5.75 Å². The number of hydrogen-bond donors (Lipinski definition) is 1. The third-order valence-electron chi connectivity index (χ3n) is 3.44. The van der Waals surface area contributed by atoms with E-state index in [9.17, 15) is 0 Å². The van der Waals surface area contributed by atoms with Crippen LogP contribution < -0.4 is 10.1 Å². The fraction of sp³-hybridized carbons (Fsp3) is 0.353. The molecule has 0 saturated carbocycles. The zero-order chi connectivity index (χ0) is 15.2. The summed E-state index contributed by atoms with van der Waals surface area (Å²) in [4.78, 5) is 0. The van der Waals surface area contributed by atoms with Gasteiger partial charge in [0.25, 0.3) is 0 Å². The van der Waals surface area contributed by atoms with Crippen molar-refractivity contribution >= 4 is 6.08 Å². The van der Waals surface area contributed by atoms with Gasteiger partial charge < -0.3 is 10.1 Å². The average Bonchev–Trinajstić information content (AvgIpc) is 2.92. The van der Waals surface area contributed by atoms with Crippen LogP contribution >= 0.6 is 0 Å². The molecule has 0 aliphatic carbocycles. The second kappa shape index (κ2) is 7.09. The van der Waals surface area contributed by atoms with Gasteiger partial charge in [0.15, 0.2) is 0 Å². The number of rotatable bonds is 6. The maximum absolute atomic E-state index is 5.16. The summed E-state index contributed by atoms with van der Waals surface area (Å²) in [6, 6.07) is 8.37. The first-order valence-corrected chi connectivity index (χ1v) is 7.11. The van der Waals surface area contributed by atoms with E-state index in [1.165, 1.54) is 16.7 Å². The molecule has 0 fully saturated rings. The van der Waals surface area contributed by atoms with Gasteiger partial charge in [0, 0.05) is 31.4 Å². The van der Waals surface area contributed by atoms with Crippen molar-refractivity contribution in [1.82, 2.24) is 15.1 Å². The van der Waals surface area contributed by atoms with Gasteiger partial charge in [0.1, 0.15) is 5.75 Å². The van der Waals surface area contributed by atoms with E-state index in [1.54, 1.807) is 7.11 Å². The maximum Gasteiger partial charge on any atom is 0.118 e. The van der Waals surface area contributed by atoms with Crippen molar-refractivity contribution in [2.24, 2.45) is 7.05 Å². The number of ether oxygens (including phenoxy) is 1. The topological polar surface area (TPSA) is 39.1 Å². The average molecular weight is 285 g/mol. The number of benzene rings is 1. The van der Waals surface area contributed by atoms with Crippen molar-refractivity contribution in [3.63, 3.8) is 0 Å². The van der Waals surface area contributed by atoms with Gasteiger partial charge in [-0.15, -0.1) is 0 Å². The molecule has 0 bridgehead atoms. The zero-order valence-corrected chi connectivity index (χ0v) is 13.1. The molecule has 1 aromatic heterocycles. The highest BCUT2D eigenvalue weighted by atomic mass is 16.5. The Kier molecular flexibility index (Phi) is 5.17. The third kappa shape index (κ3) is 4.46. The quantitative estimate of drug-likeness (QED) is 0.886. The Hall–Kier alpha value is -2.07. The molecule has 1 aromatic carbocycles. The molecule has 1 atom stereocenters. The van der Waals surface area contributed by atoms with Crippen molar-refractivity contribution in [2.45, 2.75) is 19.9 Å². The van der Waals surface area contributed by atoms with Gasteiger partial charge in [-0.2, -0.15) is 5.10 Å². The second-order valence-corrected chi connectivity index (χ2v) is 5.31. The Labute approximate surface area is 126 Å². The lowest BCUT2D eigenvalue weighted by Gasteiger charge is -2.12. The third-order valence-corrected chi connectivity index (χ3v) is 3.44. The van der Waals surface area contributed by atoms with E-state index in [0.717, 1.165) is 12.3 Å². The molecule has 0 spiro atoms. The van der Waals surface area contributed by atoms with Crippen LogP contribution in [-0.2, 0) is 7.05 Å². The SMILES string of the molecule is COc1ccc(/C=C(\C)CNC(C)c2cnn(C)c2)cc1. The van der Waals surface area contributed by atoms with E-state index in [1.807, 2.05) is 36.3 Å². The van der Waals surface area contributed by atoms with Gasteiger partial charge in [0.2, 0.25) is 0 Å². The highest BCUT2D eigenvalue weighted by molar-refractivity contribution is 5.53. The van der Waals surface area contributed by atoms with Crippen LogP contribution in [0.2, 0.25) is 0 Å². The van der Waals surface area contributed by atoms with Gasteiger partial charge in [-0.05, 0) is 31.5 Å². The monoisotopic (exact) mass is 285 g/mol. The summed E-state index contributed by atoms with van der Waals surface area (Å²) in [5.74, 6) is 0.883. The molecule has 0 saturated heterocycles. The minimum absolute atomic E-state index is 0.290. The Morgan fingerprint density at radius 1 is 1.38 bits per heavy atom. The van der Waals surface area contributed by atoms with Crippen molar-refractivity contribution in [3.05, 3.63) is 53.4 Å². The normalized spacial score (nSPS) is 13.2. The van der Waals surface area contributed by atoms with Gasteiger partial charge in [-0.3, -0.25) is 4.68 Å². The Bertz CT molecular complexity index is 599. The van der Waals surface area contributed by atoms with Crippen LogP contribution in [0.15, 0.2) is 42.2 Å². The summed E-state index contributed by atoms with van der Waals surface area (Å²) in [5.41, 5.74) is 3.68. The van der Waals surface area contributed by atoms with Crippen molar-refractivity contribution < 1.29 is 4.74 Å². The smallest absolute Gasteiger partial charge is 0.118 e. The van der Waals surface area contributed by atoms with Crippen LogP contribution in [0, 0.1) is 0 Å². The van der Waals surface area contributed by atoms with Crippen LogP contribution in [0.3, 0.4) is 0 Å². The van der Waals surface area contributed by atoms with Crippen molar-refractivity contribution in [3.8, 4) is 5.75 Å². The van der Waals surface area contributed by atoms with Gasteiger partial charge in [-0.1, -0.05) is 23.8 Å². The van der Waals surface area contributed by atoms with E-state index in [4.69, 9.17) is 4.74 Å². The van der Waals surface area contributed by atoms with E-state index in [0.29, 0.717) is 0 Å². The first-order chi connectivity index (χ1) is 10.1.